The van der Waals surface area contributed by atoms with Gasteiger partial charge in [0, 0.05) is 25.6 Å². The summed E-state index contributed by atoms with van der Waals surface area (Å²) in [5.74, 6) is -0.761. The smallest absolute Gasteiger partial charge is 0.243 e. The second-order valence-electron chi connectivity index (χ2n) is 5.63. The summed E-state index contributed by atoms with van der Waals surface area (Å²) in [6.07, 6.45) is 0.612. The van der Waals surface area contributed by atoms with Crippen molar-refractivity contribution < 1.29 is 14.4 Å². The Hall–Kier alpha value is -2.90. The summed E-state index contributed by atoms with van der Waals surface area (Å²) in [4.78, 5) is 36.4. The van der Waals surface area contributed by atoms with Gasteiger partial charge < -0.3 is 21.3 Å². The van der Waals surface area contributed by atoms with Gasteiger partial charge >= 0.3 is 0 Å². The van der Waals surface area contributed by atoms with Crippen LogP contribution in [-0.2, 0) is 20.9 Å². The standard InChI is InChI=1S/C16H21N5O3/c1-10(22)19-9-14(23)21-7-6-13(21)16(24)20-8-11-2-4-12(5-3-11)15(17)18/h2-5,13H,6-9H2,1H3,(H3,17,18)(H,19,22)(H,20,24). The average Bonchev–Trinajstić information content (AvgIpc) is 2.50. The van der Waals surface area contributed by atoms with Gasteiger partial charge in [-0.2, -0.15) is 0 Å². The van der Waals surface area contributed by atoms with E-state index < -0.39 is 6.04 Å². The second kappa shape index (κ2) is 7.58. The summed E-state index contributed by atoms with van der Waals surface area (Å²) in [5.41, 5.74) is 6.89. The van der Waals surface area contributed by atoms with Crippen molar-refractivity contribution in [3.63, 3.8) is 0 Å². The number of carbonyl (C=O) groups excluding carboxylic acids is 3. The molecule has 0 aliphatic carbocycles. The molecule has 1 aliphatic rings. The lowest BCUT2D eigenvalue weighted by Gasteiger charge is -2.39. The molecule has 1 fully saturated rings. The minimum atomic E-state index is -0.484. The SMILES string of the molecule is CC(=O)NCC(=O)N1CCC1C(=O)NCc1ccc(C(=N)N)cc1. The number of rotatable bonds is 6. The van der Waals surface area contributed by atoms with Crippen LogP contribution in [0.5, 0.6) is 0 Å². The number of nitrogen functional groups attached to an aromatic ring is 1. The van der Waals surface area contributed by atoms with E-state index in [1.54, 1.807) is 24.3 Å². The summed E-state index contributed by atoms with van der Waals surface area (Å²) in [5, 5.41) is 12.6. The zero-order valence-electron chi connectivity index (χ0n) is 13.5. The number of hydrogen-bond donors (Lipinski definition) is 4. The maximum atomic E-state index is 12.2. The molecule has 2 rings (SSSR count). The largest absolute Gasteiger partial charge is 0.384 e. The second-order valence-corrected chi connectivity index (χ2v) is 5.63. The van der Waals surface area contributed by atoms with Crippen LogP contribution < -0.4 is 16.4 Å². The Labute approximate surface area is 139 Å². The van der Waals surface area contributed by atoms with E-state index in [1.165, 1.54) is 11.8 Å². The Bertz CT molecular complexity index is 656. The third-order valence-electron chi connectivity index (χ3n) is 3.86. The molecule has 1 saturated heterocycles. The first-order valence-electron chi connectivity index (χ1n) is 7.63. The fraction of sp³-hybridized carbons (Fsp3) is 0.375. The molecule has 8 nitrogen and oxygen atoms in total. The number of benzene rings is 1. The third kappa shape index (κ3) is 4.31. The van der Waals surface area contributed by atoms with Gasteiger partial charge in [0.25, 0.3) is 0 Å². The van der Waals surface area contributed by atoms with Crippen LogP contribution in [0.3, 0.4) is 0 Å². The van der Waals surface area contributed by atoms with Gasteiger partial charge in [0.15, 0.2) is 0 Å². The molecule has 1 aliphatic heterocycles. The Morgan fingerprint density at radius 1 is 1.25 bits per heavy atom. The number of amides is 3. The Morgan fingerprint density at radius 3 is 2.42 bits per heavy atom. The molecule has 0 saturated carbocycles. The number of amidine groups is 1. The van der Waals surface area contributed by atoms with Crippen LogP contribution in [0.25, 0.3) is 0 Å². The Kier molecular flexibility index (Phi) is 5.51. The highest BCUT2D eigenvalue weighted by molar-refractivity contribution is 5.95. The van der Waals surface area contributed by atoms with Gasteiger partial charge in [-0.05, 0) is 12.0 Å². The van der Waals surface area contributed by atoms with Crippen molar-refractivity contribution in [2.45, 2.75) is 25.9 Å². The molecular weight excluding hydrogens is 310 g/mol. The van der Waals surface area contributed by atoms with Crippen molar-refractivity contribution in [3.05, 3.63) is 35.4 Å². The quantitative estimate of drug-likeness (QED) is 0.407. The predicted molar refractivity (Wildman–Crippen MR) is 88.1 cm³/mol. The van der Waals surface area contributed by atoms with E-state index in [2.05, 4.69) is 10.6 Å². The molecule has 1 atom stereocenters. The number of nitrogens with zero attached hydrogens (tertiary/aromatic N) is 1. The molecule has 1 aromatic rings. The van der Waals surface area contributed by atoms with Crippen LogP contribution in [0.15, 0.2) is 24.3 Å². The zero-order valence-corrected chi connectivity index (χ0v) is 13.5. The topological polar surface area (TPSA) is 128 Å². The summed E-state index contributed by atoms with van der Waals surface area (Å²) < 4.78 is 0. The van der Waals surface area contributed by atoms with Crippen molar-refractivity contribution in [2.75, 3.05) is 13.1 Å². The van der Waals surface area contributed by atoms with Gasteiger partial charge in [0.2, 0.25) is 17.7 Å². The zero-order chi connectivity index (χ0) is 17.7. The molecule has 0 radical (unpaired) electrons. The van der Waals surface area contributed by atoms with E-state index in [-0.39, 0.29) is 30.1 Å². The molecule has 8 heteroatoms. The van der Waals surface area contributed by atoms with Gasteiger partial charge in [-0.25, -0.2) is 0 Å². The number of carbonyl (C=O) groups is 3. The maximum Gasteiger partial charge on any atom is 0.243 e. The number of nitrogens with two attached hydrogens (primary N) is 1. The lowest BCUT2D eigenvalue weighted by molar-refractivity contribution is -0.147. The minimum Gasteiger partial charge on any atom is -0.384 e. The lowest BCUT2D eigenvalue weighted by Crippen LogP contribution is -2.59. The number of hydrogen-bond acceptors (Lipinski definition) is 4. The Morgan fingerprint density at radius 2 is 1.92 bits per heavy atom. The van der Waals surface area contributed by atoms with Crippen LogP contribution in [0.2, 0.25) is 0 Å². The van der Waals surface area contributed by atoms with Gasteiger partial charge in [-0.1, -0.05) is 24.3 Å². The minimum absolute atomic E-state index is 0.00613. The highest BCUT2D eigenvalue weighted by Crippen LogP contribution is 2.17. The molecule has 1 aromatic carbocycles. The molecule has 0 aromatic heterocycles. The maximum absolute atomic E-state index is 12.2. The first kappa shape index (κ1) is 17.5. The molecule has 1 heterocycles. The van der Waals surface area contributed by atoms with Crippen LogP contribution >= 0.6 is 0 Å². The molecule has 3 amide bonds. The van der Waals surface area contributed by atoms with Gasteiger partial charge in [0.1, 0.15) is 11.9 Å². The van der Waals surface area contributed by atoms with Crippen molar-refractivity contribution >= 4 is 23.6 Å². The van der Waals surface area contributed by atoms with E-state index >= 15 is 0 Å². The molecule has 24 heavy (non-hydrogen) atoms. The van der Waals surface area contributed by atoms with Crippen molar-refractivity contribution in [1.29, 1.82) is 5.41 Å². The monoisotopic (exact) mass is 331 g/mol. The number of likely N-dealkylation sites (tertiary alicyclic amines) is 1. The summed E-state index contributed by atoms with van der Waals surface area (Å²) in [6, 6.07) is 6.53. The van der Waals surface area contributed by atoms with E-state index in [0.717, 1.165) is 5.56 Å². The summed E-state index contributed by atoms with van der Waals surface area (Å²) in [6.45, 7) is 2.10. The molecule has 128 valence electrons. The van der Waals surface area contributed by atoms with Crippen molar-refractivity contribution in [1.82, 2.24) is 15.5 Å². The van der Waals surface area contributed by atoms with Crippen LogP contribution in [-0.4, -0.2) is 47.6 Å². The third-order valence-corrected chi connectivity index (χ3v) is 3.86. The molecule has 0 spiro atoms. The first-order valence-corrected chi connectivity index (χ1v) is 7.63. The Balaban J connectivity index is 1.82. The van der Waals surface area contributed by atoms with Gasteiger partial charge in [0.05, 0.1) is 6.54 Å². The molecule has 5 N–H and O–H groups in total. The summed E-state index contributed by atoms with van der Waals surface area (Å²) in [7, 11) is 0. The fourth-order valence-electron chi connectivity index (χ4n) is 2.37. The number of nitrogens with one attached hydrogen (secondary N) is 3. The van der Waals surface area contributed by atoms with E-state index in [0.29, 0.717) is 25.1 Å². The van der Waals surface area contributed by atoms with Gasteiger partial charge in [-0.15, -0.1) is 0 Å². The van der Waals surface area contributed by atoms with Crippen LogP contribution in [0, 0.1) is 5.41 Å². The lowest BCUT2D eigenvalue weighted by atomic mass is 10.0. The van der Waals surface area contributed by atoms with Crippen molar-refractivity contribution in [2.24, 2.45) is 5.73 Å². The normalized spacial score (nSPS) is 16.0. The predicted octanol–water partition coefficient (Wildman–Crippen LogP) is -0.676. The summed E-state index contributed by atoms with van der Waals surface area (Å²) >= 11 is 0. The molecule has 1 unspecified atom stereocenters. The van der Waals surface area contributed by atoms with Gasteiger partial charge in [-0.3, -0.25) is 19.8 Å². The van der Waals surface area contributed by atoms with E-state index in [4.69, 9.17) is 11.1 Å². The molecule has 0 bridgehead atoms. The van der Waals surface area contributed by atoms with Crippen molar-refractivity contribution in [3.8, 4) is 0 Å². The highest BCUT2D eigenvalue weighted by atomic mass is 16.2. The highest BCUT2D eigenvalue weighted by Gasteiger charge is 2.37. The van der Waals surface area contributed by atoms with E-state index in [1.807, 2.05) is 0 Å². The fourth-order valence-corrected chi connectivity index (χ4v) is 2.37. The van der Waals surface area contributed by atoms with Crippen LogP contribution in [0.4, 0.5) is 0 Å². The molecular formula is C16H21N5O3. The van der Waals surface area contributed by atoms with Crippen LogP contribution in [0.1, 0.15) is 24.5 Å². The first-order chi connectivity index (χ1) is 11.4. The van der Waals surface area contributed by atoms with E-state index in [9.17, 15) is 14.4 Å². The average molecular weight is 331 g/mol.